The number of nitrogens with two attached hydrogens (primary N) is 2. The molecule has 3 aromatic carbocycles. The van der Waals surface area contributed by atoms with Gasteiger partial charge in [-0.05, 0) is 54.7 Å². The molecular formula is C31H29ClN6. The van der Waals surface area contributed by atoms with Crippen molar-refractivity contribution in [1.29, 1.82) is 0 Å². The fraction of sp³-hybridized carbons (Fsp3) is 0.194. The highest BCUT2D eigenvalue weighted by molar-refractivity contribution is 6.33. The molecule has 1 aliphatic carbocycles. The summed E-state index contributed by atoms with van der Waals surface area (Å²) in [5, 5.41) is 4.78. The van der Waals surface area contributed by atoms with Gasteiger partial charge in [-0.3, -0.25) is 0 Å². The molecule has 0 aliphatic heterocycles. The van der Waals surface area contributed by atoms with E-state index in [1.807, 2.05) is 54.6 Å². The van der Waals surface area contributed by atoms with Crippen molar-refractivity contribution in [3.05, 3.63) is 89.4 Å². The smallest absolute Gasteiger partial charge is 0.222 e. The van der Waals surface area contributed by atoms with Gasteiger partial charge in [0.25, 0.3) is 0 Å². The second-order valence-electron chi connectivity index (χ2n) is 9.89. The molecule has 0 amide bonds. The number of rotatable bonds is 5. The van der Waals surface area contributed by atoms with Gasteiger partial charge in [0.1, 0.15) is 5.82 Å². The Bertz CT molecular complexity index is 1610. The second-order valence-corrected chi connectivity index (χ2v) is 10.3. The molecule has 38 heavy (non-hydrogen) atoms. The van der Waals surface area contributed by atoms with E-state index in [4.69, 9.17) is 28.1 Å². The number of benzene rings is 3. The van der Waals surface area contributed by atoms with Crippen molar-refractivity contribution < 1.29 is 0 Å². The number of pyridine rings is 1. The van der Waals surface area contributed by atoms with Crippen LogP contribution >= 0.6 is 11.6 Å². The summed E-state index contributed by atoms with van der Waals surface area (Å²) in [6.45, 7) is 0. The summed E-state index contributed by atoms with van der Waals surface area (Å²) in [5.74, 6) is 1.41. The van der Waals surface area contributed by atoms with E-state index in [1.54, 1.807) is 0 Å². The van der Waals surface area contributed by atoms with E-state index in [2.05, 4.69) is 39.6 Å². The monoisotopic (exact) mass is 520 g/mol. The van der Waals surface area contributed by atoms with E-state index in [9.17, 15) is 0 Å². The van der Waals surface area contributed by atoms with Crippen LogP contribution in [0.1, 0.15) is 43.6 Å². The van der Waals surface area contributed by atoms with Gasteiger partial charge in [-0.15, -0.1) is 0 Å². The number of aromatic nitrogens is 3. The van der Waals surface area contributed by atoms with Gasteiger partial charge in [-0.25, -0.2) is 9.97 Å². The SMILES string of the molecule is Nc1nc(Nc2ccc3nc(-c4ccc(C5CCCCC5)cc4)cc(N)c3c2)cc(-c2ccccc2Cl)n1. The first-order chi connectivity index (χ1) is 18.5. The van der Waals surface area contributed by atoms with E-state index < -0.39 is 0 Å². The lowest BCUT2D eigenvalue weighted by Gasteiger charge is -2.22. The quantitative estimate of drug-likeness (QED) is 0.217. The molecule has 0 spiro atoms. The average Bonchev–Trinajstić information content (AvgIpc) is 2.94. The zero-order valence-corrected chi connectivity index (χ0v) is 21.7. The number of fused-ring (bicyclic) bond motifs is 1. The Labute approximate surface area is 227 Å². The van der Waals surface area contributed by atoms with E-state index in [-0.39, 0.29) is 5.95 Å². The molecule has 0 saturated heterocycles. The van der Waals surface area contributed by atoms with Crippen LogP contribution < -0.4 is 16.8 Å². The van der Waals surface area contributed by atoms with Gasteiger partial charge in [-0.2, -0.15) is 4.98 Å². The highest BCUT2D eigenvalue weighted by atomic mass is 35.5. The molecule has 1 aliphatic rings. The van der Waals surface area contributed by atoms with E-state index >= 15 is 0 Å². The number of nitrogen functional groups attached to an aromatic ring is 2. The van der Waals surface area contributed by atoms with Crippen molar-refractivity contribution in [3.63, 3.8) is 0 Å². The number of nitrogens with zero attached hydrogens (tertiary/aromatic N) is 3. The van der Waals surface area contributed by atoms with E-state index in [0.717, 1.165) is 33.4 Å². The van der Waals surface area contributed by atoms with Gasteiger partial charge in [0, 0.05) is 39.0 Å². The molecule has 2 heterocycles. The molecule has 1 fully saturated rings. The second kappa shape index (κ2) is 10.3. The topological polar surface area (TPSA) is 103 Å². The third-order valence-corrected chi connectivity index (χ3v) is 7.62. The van der Waals surface area contributed by atoms with Gasteiger partial charge in [-0.1, -0.05) is 73.3 Å². The predicted octanol–water partition coefficient (Wildman–Crippen LogP) is 7.97. The van der Waals surface area contributed by atoms with Crippen molar-refractivity contribution in [2.45, 2.75) is 38.0 Å². The fourth-order valence-electron chi connectivity index (χ4n) is 5.32. The van der Waals surface area contributed by atoms with Crippen LogP contribution in [0, 0.1) is 0 Å². The maximum Gasteiger partial charge on any atom is 0.222 e. The molecule has 6 nitrogen and oxygen atoms in total. The number of hydrogen-bond donors (Lipinski definition) is 3. The van der Waals surface area contributed by atoms with Crippen LogP contribution in [0.3, 0.4) is 0 Å². The standard InChI is InChI=1S/C31H29ClN6/c32-25-9-5-4-8-23(25)29-18-30(38-31(34)37-29)35-22-14-15-27-24(16-22)26(33)17-28(36-27)21-12-10-20(11-13-21)19-6-2-1-3-7-19/h4-5,8-19H,1-3,6-7H2,(H2,33,36)(H3,34,35,37,38). The third-order valence-electron chi connectivity index (χ3n) is 7.29. The van der Waals surface area contributed by atoms with Crippen molar-refractivity contribution in [2.24, 2.45) is 0 Å². The lowest BCUT2D eigenvalue weighted by Crippen LogP contribution is -2.04. The van der Waals surface area contributed by atoms with Crippen LogP contribution in [0.15, 0.2) is 78.9 Å². The molecule has 2 aromatic heterocycles. The third kappa shape index (κ3) is 5.00. The van der Waals surface area contributed by atoms with Crippen LogP contribution in [0.2, 0.25) is 5.02 Å². The van der Waals surface area contributed by atoms with Gasteiger partial charge in [0.2, 0.25) is 5.95 Å². The molecule has 5 N–H and O–H groups in total. The number of anilines is 4. The zero-order chi connectivity index (χ0) is 26.1. The Morgan fingerprint density at radius 3 is 2.34 bits per heavy atom. The van der Waals surface area contributed by atoms with Crippen LogP contribution in [0.5, 0.6) is 0 Å². The molecule has 190 valence electrons. The minimum atomic E-state index is 0.158. The van der Waals surface area contributed by atoms with Crippen LogP contribution in [-0.2, 0) is 0 Å². The average molecular weight is 521 g/mol. The molecule has 1 saturated carbocycles. The maximum absolute atomic E-state index is 6.52. The fourth-order valence-corrected chi connectivity index (χ4v) is 5.56. The van der Waals surface area contributed by atoms with Crippen LogP contribution in [0.4, 0.5) is 23.1 Å². The first-order valence-electron chi connectivity index (χ1n) is 13.0. The molecule has 6 rings (SSSR count). The molecule has 0 bridgehead atoms. The summed E-state index contributed by atoms with van der Waals surface area (Å²) >= 11 is 6.36. The highest BCUT2D eigenvalue weighted by Gasteiger charge is 2.16. The lowest BCUT2D eigenvalue weighted by molar-refractivity contribution is 0.443. The molecular weight excluding hydrogens is 492 g/mol. The minimum Gasteiger partial charge on any atom is -0.398 e. The van der Waals surface area contributed by atoms with Crippen molar-refractivity contribution >= 4 is 45.6 Å². The van der Waals surface area contributed by atoms with E-state index in [0.29, 0.717) is 28.1 Å². The van der Waals surface area contributed by atoms with Gasteiger partial charge < -0.3 is 16.8 Å². The van der Waals surface area contributed by atoms with Crippen LogP contribution in [-0.4, -0.2) is 15.0 Å². The zero-order valence-electron chi connectivity index (χ0n) is 21.0. The highest BCUT2D eigenvalue weighted by Crippen LogP contribution is 2.35. The van der Waals surface area contributed by atoms with Crippen molar-refractivity contribution in [2.75, 3.05) is 16.8 Å². The summed E-state index contributed by atoms with van der Waals surface area (Å²) in [6.07, 6.45) is 6.61. The minimum absolute atomic E-state index is 0.158. The molecule has 7 heteroatoms. The molecule has 0 atom stereocenters. The summed E-state index contributed by atoms with van der Waals surface area (Å²) in [6, 6.07) is 26.0. The summed E-state index contributed by atoms with van der Waals surface area (Å²) in [4.78, 5) is 13.6. The summed E-state index contributed by atoms with van der Waals surface area (Å²) < 4.78 is 0. The summed E-state index contributed by atoms with van der Waals surface area (Å²) in [7, 11) is 0. The predicted molar refractivity (Wildman–Crippen MR) is 158 cm³/mol. The number of halogens is 1. The van der Waals surface area contributed by atoms with Crippen molar-refractivity contribution in [1.82, 2.24) is 15.0 Å². The van der Waals surface area contributed by atoms with Crippen molar-refractivity contribution in [3.8, 4) is 22.5 Å². The molecule has 0 radical (unpaired) electrons. The Hall–Kier alpha value is -4.16. The maximum atomic E-state index is 6.52. The largest absolute Gasteiger partial charge is 0.398 e. The Morgan fingerprint density at radius 1 is 0.763 bits per heavy atom. The Morgan fingerprint density at radius 2 is 1.55 bits per heavy atom. The number of hydrogen-bond acceptors (Lipinski definition) is 6. The normalized spacial score (nSPS) is 14.0. The molecule has 5 aromatic rings. The first kappa shape index (κ1) is 24.2. The molecule has 0 unspecified atom stereocenters. The van der Waals surface area contributed by atoms with Crippen LogP contribution in [0.25, 0.3) is 33.4 Å². The lowest BCUT2D eigenvalue weighted by atomic mass is 9.84. The Kier molecular flexibility index (Phi) is 6.56. The van der Waals surface area contributed by atoms with Gasteiger partial charge >= 0.3 is 0 Å². The first-order valence-corrected chi connectivity index (χ1v) is 13.4. The number of nitrogens with one attached hydrogen (secondary N) is 1. The van der Waals surface area contributed by atoms with Gasteiger partial charge in [0.15, 0.2) is 0 Å². The van der Waals surface area contributed by atoms with Gasteiger partial charge in [0.05, 0.1) is 16.9 Å². The Balaban J connectivity index is 1.26. The summed E-state index contributed by atoms with van der Waals surface area (Å²) in [5.41, 5.74) is 19.7. The van der Waals surface area contributed by atoms with E-state index in [1.165, 1.54) is 37.7 Å².